The molecule has 2 saturated heterocycles. The van der Waals surface area contributed by atoms with E-state index in [9.17, 15) is 9.59 Å². The lowest BCUT2D eigenvalue weighted by molar-refractivity contribution is -0.129. The van der Waals surface area contributed by atoms with Gasteiger partial charge in [-0.05, 0) is 63.7 Å². The normalized spacial score (nSPS) is 24.9. The zero-order chi connectivity index (χ0) is 17.5. The van der Waals surface area contributed by atoms with E-state index in [2.05, 4.69) is 11.4 Å². The number of amides is 2. The number of carbonyl (C=O) groups is 2. The molecular formula is C20H32N2O3. The van der Waals surface area contributed by atoms with Gasteiger partial charge in [0, 0.05) is 38.2 Å². The summed E-state index contributed by atoms with van der Waals surface area (Å²) in [5.74, 6) is 0.965. The van der Waals surface area contributed by atoms with Crippen molar-refractivity contribution in [2.24, 2.45) is 5.92 Å². The number of hydrogen-bond donors (Lipinski definition) is 1. The average Bonchev–Trinajstić information content (AvgIpc) is 3.19. The molecule has 0 spiro atoms. The van der Waals surface area contributed by atoms with Crippen molar-refractivity contribution in [3.8, 4) is 0 Å². The molecule has 2 amide bonds. The number of carbonyl (C=O) groups excluding carboxylic acids is 2. The van der Waals surface area contributed by atoms with Crippen molar-refractivity contribution in [2.75, 3.05) is 26.2 Å². The van der Waals surface area contributed by atoms with E-state index in [-0.39, 0.29) is 17.9 Å². The molecule has 1 atom stereocenters. The molecule has 0 radical (unpaired) electrons. The van der Waals surface area contributed by atoms with E-state index >= 15 is 0 Å². The Morgan fingerprint density at radius 2 is 2.00 bits per heavy atom. The lowest BCUT2D eigenvalue weighted by atomic mass is 9.91. The van der Waals surface area contributed by atoms with E-state index < -0.39 is 0 Å². The van der Waals surface area contributed by atoms with Crippen LogP contribution in [0.2, 0.25) is 0 Å². The number of piperidine rings is 1. The quantitative estimate of drug-likeness (QED) is 0.803. The number of likely N-dealkylation sites (tertiary alicyclic amines) is 1. The van der Waals surface area contributed by atoms with Crippen LogP contribution in [0.3, 0.4) is 0 Å². The second-order valence-corrected chi connectivity index (χ2v) is 7.69. The van der Waals surface area contributed by atoms with E-state index in [1.807, 2.05) is 4.90 Å². The standard InChI is InChI=1S/C20H32N2O3/c23-19(21-15-18-7-4-14-25-18)9-8-16-10-12-22(13-11-16)20(24)17-5-2-1-3-6-17/h5,16,18H,1-4,6-15H2,(H,21,23)/t18-/m1/s1. The van der Waals surface area contributed by atoms with Crippen molar-refractivity contribution in [3.63, 3.8) is 0 Å². The first-order valence-electron chi connectivity index (χ1n) is 10.1. The van der Waals surface area contributed by atoms with Gasteiger partial charge in [-0.3, -0.25) is 9.59 Å². The fourth-order valence-corrected chi connectivity index (χ4v) is 4.12. The molecule has 0 saturated carbocycles. The Bertz CT molecular complexity index is 489. The monoisotopic (exact) mass is 348 g/mol. The average molecular weight is 348 g/mol. The molecule has 0 unspecified atom stereocenters. The van der Waals surface area contributed by atoms with Gasteiger partial charge in [0.15, 0.2) is 0 Å². The Morgan fingerprint density at radius 1 is 1.16 bits per heavy atom. The Kier molecular flexibility index (Phi) is 6.91. The molecule has 0 aromatic carbocycles. The maximum Gasteiger partial charge on any atom is 0.249 e. The minimum Gasteiger partial charge on any atom is -0.376 e. The molecule has 0 aromatic rings. The highest BCUT2D eigenvalue weighted by Gasteiger charge is 2.25. The highest BCUT2D eigenvalue weighted by Crippen LogP contribution is 2.25. The summed E-state index contributed by atoms with van der Waals surface area (Å²) in [6.07, 6.45) is 12.5. The lowest BCUT2D eigenvalue weighted by Gasteiger charge is -2.33. The third kappa shape index (κ3) is 5.56. The van der Waals surface area contributed by atoms with E-state index in [0.717, 1.165) is 76.6 Å². The summed E-state index contributed by atoms with van der Waals surface area (Å²) < 4.78 is 5.53. The molecule has 2 fully saturated rings. The predicted molar refractivity (Wildman–Crippen MR) is 97.1 cm³/mol. The van der Waals surface area contributed by atoms with Gasteiger partial charge in [0.1, 0.15) is 0 Å². The maximum absolute atomic E-state index is 12.5. The largest absolute Gasteiger partial charge is 0.376 e. The molecule has 2 aliphatic heterocycles. The predicted octanol–water partition coefficient (Wildman–Crippen LogP) is 2.80. The highest BCUT2D eigenvalue weighted by molar-refractivity contribution is 5.93. The Hall–Kier alpha value is -1.36. The van der Waals surface area contributed by atoms with E-state index in [1.165, 1.54) is 6.42 Å². The van der Waals surface area contributed by atoms with Crippen LogP contribution in [0.5, 0.6) is 0 Å². The van der Waals surface area contributed by atoms with E-state index in [1.54, 1.807) is 0 Å². The van der Waals surface area contributed by atoms with Gasteiger partial charge in [-0.1, -0.05) is 6.08 Å². The highest BCUT2D eigenvalue weighted by atomic mass is 16.5. The van der Waals surface area contributed by atoms with Gasteiger partial charge >= 0.3 is 0 Å². The second-order valence-electron chi connectivity index (χ2n) is 7.69. The minimum absolute atomic E-state index is 0.140. The van der Waals surface area contributed by atoms with Crippen LogP contribution < -0.4 is 5.32 Å². The smallest absolute Gasteiger partial charge is 0.249 e. The van der Waals surface area contributed by atoms with Crippen LogP contribution >= 0.6 is 0 Å². The van der Waals surface area contributed by atoms with Crippen molar-refractivity contribution >= 4 is 11.8 Å². The summed E-state index contributed by atoms with van der Waals surface area (Å²) in [5.41, 5.74) is 1.03. The van der Waals surface area contributed by atoms with Gasteiger partial charge in [0.2, 0.25) is 11.8 Å². The van der Waals surface area contributed by atoms with Crippen molar-refractivity contribution in [1.82, 2.24) is 10.2 Å². The van der Waals surface area contributed by atoms with Gasteiger partial charge < -0.3 is 15.0 Å². The van der Waals surface area contributed by atoms with Crippen molar-refractivity contribution in [1.29, 1.82) is 0 Å². The van der Waals surface area contributed by atoms with E-state index in [4.69, 9.17) is 4.74 Å². The number of nitrogens with zero attached hydrogens (tertiary/aromatic N) is 1. The van der Waals surface area contributed by atoms with Gasteiger partial charge in [-0.2, -0.15) is 0 Å². The first-order chi connectivity index (χ1) is 12.2. The first-order valence-corrected chi connectivity index (χ1v) is 10.1. The van der Waals surface area contributed by atoms with Crippen LogP contribution in [0.4, 0.5) is 0 Å². The molecule has 5 heteroatoms. The Labute approximate surface area is 151 Å². The first kappa shape index (κ1) is 18.4. The molecule has 140 valence electrons. The molecule has 25 heavy (non-hydrogen) atoms. The van der Waals surface area contributed by atoms with Gasteiger partial charge in [0.25, 0.3) is 0 Å². The number of nitrogens with one attached hydrogen (secondary N) is 1. The molecular weight excluding hydrogens is 316 g/mol. The van der Waals surface area contributed by atoms with Gasteiger partial charge in [0.05, 0.1) is 6.10 Å². The molecule has 1 N–H and O–H groups in total. The van der Waals surface area contributed by atoms with Crippen LogP contribution in [0.15, 0.2) is 11.6 Å². The summed E-state index contributed by atoms with van der Waals surface area (Å²) in [4.78, 5) is 26.5. The fraction of sp³-hybridized carbons (Fsp3) is 0.800. The second kappa shape index (κ2) is 9.37. The van der Waals surface area contributed by atoms with Crippen molar-refractivity contribution < 1.29 is 14.3 Å². The van der Waals surface area contributed by atoms with Gasteiger partial charge in [-0.15, -0.1) is 0 Å². The zero-order valence-corrected chi connectivity index (χ0v) is 15.3. The molecule has 1 aliphatic carbocycles. The van der Waals surface area contributed by atoms with Crippen LogP contribution in [-0.4, -0.2) is 49.1 Å². The SMILES string of the molecule is O=C(CCC1CCN(C(=O)C2=CCCCC2)CC1)NC[C@H]1CCCO1. The summed E-state index contributed by atoms with van der Waals surface area (Å²) >= 11 is 0. The lowest BCUT2D eigenvalue weighted by Crippen LogP contribution is -2.39. The van der Waals surface area contributed by atoms with Crippen molar-refractivity contribution in [3.05, 3.63) is 11.6 Å². The molecule has 0 bridgehead atoms. The number of rotatable bonds is 6. The number of hydrogen-bond acceptors (Lipinski definition) is 3. The van der Waals surface area contributed by atoms with Gasteiger partial charge in [-0.25, -0.2) is 0 Å². The van der Waals surface area contributed by atoms with Crippen molar-refractivity contribution in [2.45, 2.75) is 70.3 Å². The molecule has 2 heterocycles. The third-order valence-electron chi connectivity index (χ3n) is 5.80. The minimum atomic E-state index is 0.140. The fourth-order valence-electron chi connectivity index (χ4n) is 4.12. The molecule has 0 aromatic heterocycles. The Morgan fingerprint density at radius 3 is 2.68 bits per heavy atom. The van der Waals surface area contributed by atoms with Crippen LogP contribution in [-0.2, 0) is 14.3 Å². The number of allylic oxidation sites excluding steroid dienone is 1. The van der Waals surface area contributed by atoms with Crippen LogP contribution in [0.25, 0.3) is 0 Å². The topological polar surface area (TPSA) is 58.6 Å². The Balaban J connectivity index is 1.31. The maximum atomic E-state index is 12.5. The van der Waals surface area contributed by atoms with Crippen LogP contribution in [0, 0.1) is 5.92 Å². The molecule has 3 rings (SSSR count). The number of ether oxygens (including phenoxy) is 1. The summed E-state index contributed by atoms with van der Waals surface area (Å²) in [6.45, 7) is 3.17. The summed E-state index contributed by atoms with van der Waals surface area (Å²) in [5, 5.41) is 3.00. The summed E-state index contributed by atoms with van der Waals surface area (Å²) in [7, 11) is 0. The molecule has 5 nitrogen and oxygen atoms in total. The molecule has 3 aliphatic rings. The summed E-state index contributed by atoms with van der Waals surface area (Å²) in [6, 6.07) is 0. The third-order valence-corrected chi connectivity index (χ3v) is 5.80. The zero-order valence-electron chi connectivity index (χ0n) is 15.3. The van der Waals surface area contributed by atoms with E-state index in [0.29, 0.717) is 18.9 Å². The van der Waals surface area contributed by atoms with Crippen LogP contribution in [0.1, 0.15) is 64.2 Å².